The highest BCUT2D eigenvalue weighted by atomic mass is 16.5. The Bertz CT molecular complexity index is 988. The molecule has 2 heterocycles. The van der Waals surface area contributed by atoms with Gasteiger partial charge in [-0.1, -0.05) is 36.4 Å². The summed E-state index contributed by atoms with van der Waals surface area (Å²) in [6.45, 7) is 3.17. The monoisotopic (exact) mass is 391 g/mol. The number of nitrogens with two attached hydrogens (primary N) is 1. The summed E-state index contributed by atoms with van der Waals surface area (Å²) in [7, 11) is 0. The van der Waals surface area contributed by atoms with Crippen LogP contribution in [0.15, 0.2) is 60.9 Å². The first-order valence-corrected chi connectivity index (χ1v) is 9.77. The molecule has 7 heteroatoms. The van der Waals surface area contributed by atoms with Crippen LogP contribution in [0.1, 0.15) is 11.6 Å². The highest BCUT2D eigenvalue weighted by Crippen LogP contribution is 2.25. The molecule has 3 aromatic rings. The summed E-state index contributed by atoms with van der Waals surface area (Å²) in [5.41, 5.74) is 8.55. The number of nitrogens with zero attached hydrogens (tertiary/aromatic N) is 2. The minimum atomic E-state index is -0.297. The van der Waals surface area contributed by atoms with Crippen molar-refractivity contribution in [2.75, 3.05) is 43.1 Å². The number of nitrogens with one attached hydrogen (secondary N) is 2. The van der Waals surface area contributed by atoms with Crippen LogP contribution in [0, 0.1) is 0 Å². The first-order chi connectivity index (χ1) is 14.2. The number of anilines is 2. The van der Waals surface area contributed by atoms with Crippen molar-refractivity contribution in [2.24, 2.45) is 5.73 Å². The Labute approximate surface area is 169 Å². The summed E-state index contributed by atoms with van der Waals surface area (Å²) in [4.78, 5) is 19.1. The Kier molecular flexibility index (Phi) is 5.88. The number of rotatable bonds is 5. The van der Waals surface area contributed by atoms with Gasteiger partial charge in [-0.05, 0) is 28.5 Å². The van der Waals surface area contributed by atoms with Crippen LogP contribution in [-0.2, 0) is 4.74 Å². The van der Waals surface area contributed by atoms with E-state index in [0.29, 0.717) is 25.4 Å². The standard InChI is InChI=1S/C22H25N5O2/c23-14-20(18-6-5-16-3-1-2-4-17(16)13-18)26-22(28)25-19-7-8-24-15-21(19)27-9-11-29-12-10-27/h1-8,13,15,20H,9-12,14,23H2,(H2,24,25,26,28). The van der Waals surface area contributed by atoms with Crippen LogP contribution in [0.25, 0.3) is 10.8 Å². The van der Waals surface area contributed by atoms with E-state index < -0.39 is 0 Å². The zero-order chi connectivity index (χ0) is 20.1. The van der Waals surface area contributed by atoms with E-state index in [4.69, 9.17) is 10.5 Å². The van der Waals surface area contributed by atoms with Crippen molar-refractivity contribution in [3.8, 4) is 0 Å². The Balaban J connectivity index is 1.48. The second kappa shape index (κ2) is 8.89. The second-order valence-corrected chi connectivity index (χ2v) is 6.99. The molecule has 1 aliphatic rings. The number of carbonyl (C=O) groups excluding carboxylic acids is 1. The maximum Gasteiger partial charge on any atom is 0.319 e. The third kappa shape index (κ3) is 4.47. The van der Waals surface area contributed by atoms with Crippen LogP contribution in [0.5, 0.6) is 0 Å². The van der Waals surface area contributed by atoms with Gasteiger partial charge in [-0.15, -0.1) is 0 Å². The normalized spacial score (nSPS) is 15.1. The fourth-order valence-corrected chi connectivity index (χ4v) is 3.57. The zero-order valence-electron chi connectivity index (χ0n) is 16.2. The summed E-state index contributed by atoms with van der Waals surface area (Å²) in [5, 5.41) is 8.21. The van der Waals surface area contributed by atoms with Gasteiger partial charge in [-0.2, -0.15) is 0 Å². The van der Waals surface area contributed by atoms with Crippen LogP contribution >= 0.6 is 0 Å². The third-order valence-electron chi connectivity index (χ3n) is 5.12. The summed E-state index contributed by atoms with van der Waals surface area (Å²) < 4.78 is 5.41. The molecule has 29 heavy (non-hydrogen) atoms. The topological polar surface area (TPSA) is 92.5 Å². The molecule has 1 fully saturated rings. The molecular weight excluding hydrogens is 366 g/mol. The highest BCUT2D eigenvalue weighted by Gasteiger charge is 2.18. The summed E-state index contributed by atoms with van der Waals surface area (Å²) in [6.07, 6.45) is 3.44. The summed E-state index contributed by atoms with van der Waals surface area (Å²) in [6, 6.07) is 15.5. The number of aromatic nitrogens is 1. The fourth-order valence-electron chi connectivity index (χ4n) is 3.57. The Morgan fingerprint density at radius 3 is 2.72 bits per heavy atom. The Morgan fingerprint density at radius 2 is 1.93 bits per heavy atom. The average Bonchev–Trinajstić information content (AvgIpc) is 2.78. The number of morpholine rings is 1. The van der Waals surface area contributed by atoms with Crippen molar-refractivity contribution in [1.82, 2.24) is 10.3 Å². The van der Waals surface area contributed by atoms with Crippen LogP contribution in [0.3, 0.4) is 0 Å². The third-order valence-corrected chi connectivity index (χ3v) is 5.12. The molecule has 0 aliphatic carbocycles. The van der Waals surface area contributed by atoms with Crippen molar-refractivity contribution in [2.45, 2.75) is 6.04 Å². The van der Waals surface area contributed by atoms with Gasteiger partial charge in [0.1, 0.15) is 0 Å². The van der Waals surface area contributed by atoms with E-state index in [-0.39, 0.29) is 12.1 Å². The van der Waals surface area contributed by atoms with Crippen LogP contribution < -0.4 is 21.3 Å². The molecule has 1 unspecified atom stereocenters. The van der Waals surface area contributed by atoms with Crippen molar-refractivity contribution in [1.29, 1.82) is 0 Å². The van der Waals surface area contributed by atoms with Crippen LogP contribution in [0.2, 0.25) is 0 Å². The second-order valence-electron chi connectivity index (χ2n) is 6.99. The molecule has 0 bridgehead atoms. The number of ether oxygens (including phenoxy) is 1. The van der Waals surface area contributed by atoms with Gasteiger partial charge in [0, 0.05) is 25.8 Å². The van der Waals surface area contributed by atoms with Crippen molar-refractivity contribution in [3.63, 3.8) is 0 Å². The van der Waals surface area contributed by atoms with E-state index in [9.17, 15) is 4.79 Å². The van der Waals surface area contributed by atoms with Gasteiger partial charge in [-0.3, -0.25) is 4.98 Å². The molecule has 1 saturated heterocycles. The molecular formula is C22H25N5O2. The molecule has 2 aromatic carbocycles. The zero-order valence-corrected chi connectivity index (χ0v) is 16.2. The van der Waals surface area contributed by atoms with Crippen molar-refractivity contribution < 1.29 is 9.53 Å². The predicted molar refractivity (Wildman–Crippen MR) is 115 cm³/mol. The molecule has 4 N–H and O–H groups in total. The molecule has 0 spiro atoms. The Morgan fingerprint density at radius 1 is 1.14 bits per heavy atom. The first kappa shape index (κ1) is 19.2. The number of hydrogen-bond acceptors (Lipinski definition) is 5. The lowest BCUT2D eigenvalue weighted by Crippen LogP contribution is -2.38. The lowest BCUT2D eigenvalue weighted by atomic mass is 10.0. The molecule has 1 aliphatic heterocycles. The number of fused-ring (bicyclic) bond motifs is 1. The lowest BCUT2D eigenvalue weighted by molar-refractivity contribution is 0.122. The van der Waals surface area contributed by atoms with E-state index in [0.717, 1.165) is 35.1 Å². The quantitative estimate of drug-likeness (QED) is 0.622. The maximum absolute atomic E-state index is 12.7. The van der Waals surface area contributed by atoms with E-state index in [1.165, 1.54) is 0 Å². The number of urea groups is 1. The minimum absolute atomic E-state index is 0.284. The molecule has 2 amide bonds. The van der Waals surface area contributed by atoms with Gasteiger partial charge in [0.2, 0.25) is 0 Å². The molecule has 150 valence electrons. The lowest BCUT2D eigenvalue weighted by Gasteiger charge is -2.30. The number of benzene rings is 2. The van der Waals surface area contributed by atoms with Gasteiger partial charge in [0.05, 0.1) is 36.8 Å². The van der Waals surface area contributed by atoms with Crippen LogP contribution in [0.4, 0.5) is 16.2 Å². The van der Waals surface area contributed by atoms with E-state index in [2.05, 4.69) is 38.7 Å². The largest absolute Gasteiger partial charge is 0.378 e. The van der Waals surface area contributed by atoms with E-state index >= 15 is 0 Å². The molecule has 4 rings (SSSR count). The highest BCUT2D eigenvalue weighted by molar-refractivity contribution is 5.93. The van der Waals surface area contributed by atoms with Gasteiger partial charge in [0.25, 0.3) is 0 Å². The summed E-state index contributed by atoms with van der Waals surface area (Å²) in [5.74, 6) is 0. The van der Waals surface area contributed by atoms with Crippen LogP contribution in [-0.4, -0.2) is 43.9 Å². The molecule has 0 saturated carbocycles. The number of amides is 2. The number of carbonyl (C=O) groups is 1. The van der Waals surface area contributed by atoms with Crippen molar-refractivity contribution >= 4 is 28.2 Å². The van der Waals surface area contributed by atoms with Gasteiger partial charge in [0.15, 0.2) is 0 Å². The molecule has 7 nitrogen and oxygen atoms in total. The first-order valence-electron chi connectivity index (χ1n) is 9.77. The SMILES string of the molecule is NCC(NC(=O)Nc1ccncc1N1CCOCC1)c1ccc2ccccc2c1. The maximum atomic E-state index is 12.7. The van der Waals surface area contributed by atoms with E-state index in [1.54, 1.807) is 18.5 Å². The smallest absolute Gasteiger partial charge is 0.319 e. The van der Waals surface area contributed by atoms with E-state index in [1.807, 2.05) is 24.3 Å². The fraction of sp³-hybridized carbons (Fsp3) is 0.273. The number of pyridine rings is 1. The number of hydrogen-bond donors (Lipinski definition) is 3. The van der Waals surface area contributed by atoms with Crippen molar-refractivity contribution in [3.05, 3.63) is 66.5 Å². The minimum Gasteiger partial charge on any atom is -0.378 e. The van der Waals surface area contributed by atoms with Gasteiger partial charge >= 0.3 is 6.03 Å². The average molecular weight is 391 g/mol. The summed E-state index contributed by atoms with van der Waals surface area (Å²) >= 11 is 0. The molecule has 0 radical (unpaired) electrons. The van der Waals surface area contributed by atoms with Gasteiger partial charge in [-0.25, -0.2) is 4.79 Å². The Hall–Kier alpha value is -3.16. The predicted octanol–water partition coefficient (Wildman–Crippen LogP) is 2.89. The molecule has 1 aromatic heterocycles. The van der Waals surface area contributed by atoms with Gasteiger partial charge < -0.3 is 26.0 Å². The molecule has 1 atom stereocenters.